The predicted octanol–water partition coefficient (Wildman–Crippen LogP) is 3.55. The van der Waals surface area contributed by atoms with Crippen LogP contribution in [0.5, 0.6) is 0 Å². The molecular formula is C12H12BrNO2S2. The zero-order chi connectivity index (χ0) is 13.2. The molecule has 0 saturated carbocycles. The summed E-state index contributed by atoms with van der Waals surface area (Å²) in [5, 5.41) is 1.93. The van der Waals surface area contributed by atoms with Crippen molar-refractivity contribution >= 4 is 37.3 Å². The summed E-state index contributed by atoms with van der Waals surface area (Å²) in [6.45, 7) is 1.83. The number of hydrogen-bond acceptors (Lipinski definition) is 3. The first kappa shape index (κ1) is 13.7. The Labute approximate surface area is 119 Å². The standard InChI is InChI=1S/C12H12BrNO2S2/c1-9(11-6-4-8-17-11)14-18(15,16)12-7-3-2-5-10(12)13/h2-9,14H,1H3. The van der Waals surface area contributed by atoms with E-state index in [4.69, 9.17) is 0 Å². The lowest BCUT2D eigenvalue weighted by atomic mass is 10.3. The average molecular weight is 346 g/mol. The van der Waals surface area contributed by atoms with Crippen molar-refractivity contribution in [3.63, 3.8) is 0 Å². The second-order valence-corrected chi connectivity index (χ2v) is 7.30. The molecule has 6 heteroatoms. The molecule has 0 aliphatic carbocycles. The van der Waals surface area contributed by atoms with Crippen LogP contribution in [0.15, 0.2) is 51.1 Å². The molecule has 0 spiro atoms. The molecule has 18 heavy (non-hydrogen) atoms. The number of rotatable bonds is 4. The van der Waals surface area contributed by atoms with Crippen LogP contribution in [-0.2, 0) is 10.0 Å². The van der Waals surface area contributed by atoms with Gasteiger partial charge in [-0.25, -0.2) is 13.1 Å². The summed E-state index contributed by atoms with van der Waals surface area (Å²) in [5.41, 5.74) is 0. The largest absolute Gasteiger partial charge is 0.242 e. The molecule has 0 radical (unpaired) electrons. The van der Waals surface area contributed by atoms with Crippen molar-refractivity contribution in [2.45, 2.75) is 17.9 Å². The van der Waals surface area contributed by atoms with E-state index in [1.54, 1.807) is 24.3 Å². The number of nitrogens with one attached hydrogen (secondary N) is 1. The van der Waals surface area contributed by atoms with Gasteiger partial charge in [-0.15, -0.1) is 11.3 Å². The minimum atomic E-state index is -3.51. The van der Waals surface area contributed by atoms with E-state index < -0.39 is 10.0 Å². The van der Waals surface area contributed by atoms with Crippen molar-refractivity contribution in [3.05, 3.63) is 51.1 Å². The molecule has 2 aromatic rings. The molecule has 1 unspecified atom stereocenters. The molecule has 1 heterocycles. The van der Waals surface area contributed by atoms with Crippen LogP contribution in [0, 0.1) is 0 Å². The summed E-state index contributed by atoms with van der Waals surface area (Å²) >= 11 is 4.79. The van der Waals surface area contributed by atoms with Gasteiger partial charge in [-0.1, -0.05) is 18.2 Å². The van der Waals surface area contributed by atoms with Crippen LogP contribution in [0.3, 0.4) is 0 Å². The molecular weight excluding hydrogens is 334 g/mol. The fourth-order valence-corrected chi connectivity index (χ4v) is 4.59. The second kappa shape index (κ2) is 5.52. The van der Waals surface area contributed by atoms with Crippen LogP contribution < -0.4 is 4.72 Å². The van der Waals surface area contributed by atoms with E-state index >= 15 is 0 Å². The van der Waals surface area contributed by atoms with Gasteiger partial charge < -0.3 is 0 Å². The maximum atomic E-state index is 12.2. The normalized spacial score (nSPS) is 13.4. The Kier molecular flexibility index (Phi) is 4.21. The first-order valence-corrected chi connectivity index (χ1v) is 8.46. The summed E-state index contributed by atoms with van der Waals surface area (Å²) in [4.78, 5) is 1.25. The van der Waals surface area contributed by atoms with E-state index in [2.05, 4.69) is 20.7 Å². The molecule has 0 amide bonds. The average Bonchev–Trinajstić information content (AvgIpc) is 2.82. The Hall–Kier alpha value is -0.690. The Morgan fingerprint density at radius 3 is 2.56 bits per heavy atom. The first-order valence-electron chi connectivity index (χ1n) is 5.31. The Morgan fingerprint density at radius 2 is 1.94 bits per heavy atom. The van der Waals surface area contributed by atoms with Gasteiger partial charge in [0, 0.05) is 9.35 Å². The lowest BCUT2D eigenvalue weighted by molar-refractivity contribution is 0.568. The van der Waals surface area contributed by atoms with Gasteiger partial charge in [-0.05, 0) is 46.4 Å². The summed E-state index contributed by atoms with van der Waals surface area (Å²) < 4.78 is 27.7. The third-order valence-corrected chi connectivity index (χ3v) is 6.04. The highest BCUT2D eigenvalue weighted by Gasteiger charge is 2.20. The van der Waals surface area contributed by atoms with E-state index in [0.29, 0.717) is 4.47 Å². The maximum Gasteiger partial charge on any atom is 0.242 e. The molecule has 2 rings (SSSR count). The molecule has 96 valence electrons. The minimum absolute atomic E-state index is 0.234. The van der Waals surface area contributed by atoms with Gasteiger partial charge in [-0.3, -0.25) is 0 Å². The van der Waals surface area contributed by atoms with Crippen LogP contribution in [0.25, 0.3) is 0 Å². The van der Waals surface area contributed by atoms with Crippen molar-refractivity contribution < 1.29 is 8.42 Å². The number of benzene rings is 1. The fourth-order valence-electron chi connectivity index (χ4n) is 1.55. The van der Waals surface area contributed by atoms with Crippen molar-refractivity contribution in [2.24, 2.45) is 0 Å². The smallest absolute Gasteiger partial charge is 0.207 e. The molecule has 1 N–H and O–H groups in total. The lowest BCUT2D eigenvalue weighted by Gasteiger charge is -2.13. The monoisotopic (exact) mass is 345 g/mol. The van der Waals surface area contributed by atoms with Crippen molar-refractivity contribution in [3.8, 4) is 0 Å². The minimum Gasteiger partial charge on any atom is -0.207 e. The van der Waals surface area contributed by atoms with Gasteiger partial charge in [0.25, 0.3) is 0 Å². The molecule has 1 aromatic heterocycles. The second-order valence-electron chi connectivity index (χ2n) is 3.79. The van der Waals surface area contributed by atoms with Gasteiger partial charge in [0.15, 0.2) is 0 Å². The Morgan fingerprint density at radius 1 is 1.22 bits per heavy atom. The van der Waals surface area contributed by atoms with Crippen LogP contribution in [0.1, 0.15) is 17.8 Å². The van der Waals surface area contributed by atoms with E-state index in [1.807, 2.05) is 24.4 Å². The van der Waals surface area contributed by atoms with Crippen molar-refractivity contribution in [1.29, 1.82) is 0 Å². The topological polar surface area (TPSA) is 46.2 Å². The summed E-state index contributed by atoms with van der Waals surface area (Å²) in [6.07, 6.45) is 0. The quantitative estimate of drug-likeness (QED) is 0.920. The Bertz CT molecular complexity index is 623. The van der Waals surface area contributed by atoms with E-state index in [0.717, 1.165) is 4.88 Å². The molecule has 1 aromatic carbocycles. The maximum absolute atomic E-state index is 12.2. The molecule has 0 saturated heterocycles. The van der Waals surface area contributed by atoms with Gasteiger partial charge in [-0.2, -0.15) is 0 Å². The molecule has 0 aliphatic heterocycles. The highest BCUT2D eigenvalue weighted by molar-refractivity contribution is 9.10. The first-order chi connectivity index (χ1) is 8.50. The number of thiophene rings is 1. The summed E-state index contributed by atoms with van der Waals surface area (Å²) in [5.74, 6) is 0. The Balaban J connectivity index is 2.26. The predicted molar refractivity (Wildman–Crippen MR) is 77.2 cm³/mol. The van der Waals surface area contributed by atoms with Crippen LogP contribution in [-0.4, -0.2) is 8.42 Å². The van der Waals surface area contributed by atoms with E-state index in [1.165, 1.54) is 11.3 Å². The van der Waals surface area contributed by atoms with Crippen molar-refractivity contribution in [2.75, 3.05) is 0 Å². The molecule has 0 fully saturated rings. The zero-order valence-electron chi connectivity index (χ0n) is 9.63. The highest BCUT2D eigenvalue weighted by atomic mass is 79.9. The third-order valence-electron chi connectivity index (χ3n) is 2.43. The number of sulfonamides is 1. The van der Waals surface area contributed by atoms with E-state index in [9.17, 15) is 8.42 Å². The third kappa shape index (κ3) is 3.00. The van der Waals surface area contributed by atoms with Crippen molar-refractivity contribution in [1.82, 2.24) is 4.72 Å². The number of halogens is 1. The highest BCUT2D eigenvalue weighted by Crippen LogP contribution is 2.24. The lowest BCUT2D eigenvalue weighted by Crippen LogP contribution is -2.26. The zero-order valence-corrected chi connectivity index (χ0v) is 12.8. The van der Waals surface area contributed by atoms with Gasteiger partial charge in [0.1, 0.15) is 0 Å². The number of hydrogen-bond donors (Lipinski definition) is 1. The molecule has 3 nitrogen and oxygen atoms in total. The van der Waals surface area contributed by atoms with Crippen LogP contribution >= 0.6 is 27.3 Å². The summed E-state index contributed by atoms with van der Waals surface area (Å²) in [7, 11) is -3.51. The van der Waals surface area contributed by atoms with Crippen LogP contribution in [0.2, 0.25) is 0 Å². The fraction of sp³-hybridized carbons (Fsp3) is 0.167. The molecule has 0 aliphatic rings. The van der Waals surface area contributed by atoms with Gasteiger partial charge in [0.2, 0.25) is 10.0 Å². The van der Waals surface area contributed by atoms with E-state index in [-0.39, 0.29) is 10.9 Å². The summed E-state index contributed by atoms with van der Waals surface area (Å²) in [6, 6.07) is 10.4. The van der Waals surface area contributed by atoms with Crippen LogP contribution in [0.4, 0.5) is 0 Å². The SMILES string of the molecule is CC(NS(=O)(=O)c1ccccc1Br)c1cccs1. The molecule has 1 atom stereocenters. The van der Waals surface area contributed by atoms with Gasteiger partial charge >= 0.3 is 0 Å². The molecule has 0 bridgehead atoms. The van der Waals surface area contributed by atoms with Gasteiger partial charge in [0.05, 0.1) is 10.9 Å².